The van der Waals surface area contributed by atoms with E-state index in [2.05, 4.69) is 0 Å². The number of hydrogen-bond acceptors (Lipinski definition) is 9. The number of rotatable bonds is 9. The van der Waals surface area contributed by atoms with Crippen molar-refractivity contribution in [1.29, 1.82) is 0 Å². The maximum atomic E-state index is 13.3. The van der Waals surface area contributed by atoms with Crippen LogP contribution in [0.1, 0.15) is 81.1 Å². The second-order valence-corrected chi connectivity index (χ2v) is 21.7. The van der Waals surface area contributed by atoms with Gasteiger partial charge in [0, 0.05) is 70.4 Å². The number of nitrogens with zero attached hydrogens (tertiary/aromatic N) is 2. The van der Waals surface area contributed by atoms with Crippen LogP contribution < -0.4 is 24.8 Å². The van der Waals surface area contributed by atoms with Gasteiger partial charge in [0.2, 0.25) is 5.36 Å². The Balaban J connectivity index is 1.83. The number of likely N-dealkylation sites (N-methyl/N-ethyl adjacent to an activating group) is 2. The molecular weight excluding hydrogens is 871 g/mol. The Morgan fingerprint density at radius 2 is 1.43 bits per heavy atom. The molecule has 18 heteroatoms. The molecule has 0 saturated heterocycles. The lowest BCUT2D eigenvalue weighted by molar-refractivity contribution is -0.123. The molecule has 3 heterocycles. The number of ketones is 1. The molecule has 0 radical (unpaired) electrons. The van der Waals surface area contributed by atoms with E-state index in [4.69, 9.17) is 39.5 Å². The number of aromatic carboxylic acids is 1. The molecule has 0 saturated carbocycles. The monoisotopic (exact) mass is 911 g/mol. The largest absolute Gasteiger partial charge is 0.478 e. The van der Waals surface area contributed by atoms with Gasteiger partial charge in [-0.05, 0) is 43.2 Å². The molecule has 3 N–H and O–H groups in total. The molecular formula is C40H42Cl3N2O10S3+. The number of carboxylic acid groups (broad SMARTS) is 1. The number of Topliss-reactive ketones (excluding diaryl/α,β-unsaturated/α-hetero) is 1. The van der Waals surface area contributed by atoms with Crippen LogP contribution in [-0.4, -0.2) is 85.2 Å². The number of carboxylic acids is 1. The third-order valence-corrected chi connectivity index (χ3v) is 14.7. The molecule has 3 aromatic rings. The molecule has 0 bridgehead atoms. The molecule has 3 aromatic carbocycles. The highest BCUT2D eigenvalue weighted by Crippen LogP contribution is 2.51. The first-order valence-electron chi connectivity index (χ1n) is 17.8. The summed E-state index contributed by atoms with van der Waals surface area (Å²) in [5.41, 5.74) is -0.547. The number of fused-ring (bicyclic) bond motifs is 4. The van der Waals surface area contributed by atoms with E-state index in [0.717, 1.165) is 11.8 Å². The lowest BCUT2D eigenvalue weighted by Crippen LogP contribution is -2.47. The average molecular weight is 913 g/mol. The second-order valence-electron chi connectivity index (χ2n) is 16.7. The molecule has 58 heavy (non-hydrogen) atoms. The summed E-state index contributed by atoms with van der Waals surface area (Å²) in [7, 11) is -5.47. The van der Waals surface area contributed by atoms with Crippen LogP contribution in [0.5, 0.6) is 11.5 Å². The van der Waals surface area contributed by atoms with Crippen LogP contribution in [-0.2, 0) is 25.0 Å². The summed E-state index contributed by atoms with van der Waals surface area (Å²) in [6.07, 6.45) is 3.42. The van der Waals surface area contributed by atoms with Crippen molar-refractivity contribution in [3.63, 3.8) is 0 Å². The summed E-state index contributed by atoms with van der Waals surface area (Å²) in [5.74, 6) is -2.76. The summed E-state index contributed by atoms with van der Waals surface area (Å²) in [4.78, 5) is 28.5. The van der Waals surface area contributed by atoms with Gasteiger partial charge in [0.15, 0.2) is 5.54 Å². The Morgan fingerprint density at radius 3 is 1.98 bits per heavy atom. The third kappa shape index (κ3) is 8.08. The minimum Gasteiger partial charge on any atom is -0.478 e. The SMILES string of the molecule is CN1c2cc3c(cc2C(CS(=O)(=O)O)=CC1(C)C)C(c1c(Cl)c(SCC(=O)C(C)(C)C)c(Cl)c(Cl)c1C(=O)O)=c1cc2c(cc1O3)=[N+](C)C(C)(C)C=C2CS(=O)(=O)O. The normalized spacial score (nSPS) is 17.0. The van der Waals surface area contributed by atoms with Crippen LogP contribution in [0.4, 0.5) is 5.69 Å². The highest BCUT2D eigenvalue weighted by molar-refractivity contribution is 8.00. The lowest BCUT2D eigenvalue weighted by atomic mass is 9.83. The number of ether oxygens (including phenoxy) is 1. The maximum absolute atomic E-state index is 13.3. The van der Waals surface area contributed by atoms with Crippen LogP contribution in [0.3, 0.4) is 0 Å². The van der Waals surface area contributed by atoms with Crippen molar-refractivity contribution >= 4 is 101 Å². The lowest BCUT2D eigenvalue weighted by Gasteiger charge is -2.41. The minimum atomic E-state index is -4.55. The predicted molar refractivity (Wildman–Crippen MR) is 230 cm³/mol. The molecule has 0 atom stereocenters. The number of anilines is 1. The Bertz CT molecular complexity index is 2810. The first-order chi connectivity index (χ1) is 26.4. The summed E-state index contributed by atoms with van der Waals surface area (Å²) >= 11 is 21.9. The van der Waals surface area contributed by atoms with E-state index in [1.54, 1.807) is 57.2 Å². The quantitative estimate of drug-likeness (QED) is 0.0674. The van der Waals surface area contributed by atoms with Crippen molar-refractivity contribution in [1.82, 2.24) is 4.58 Å². The molecule has 12 nitrogen and oxygen atoms in total. The molecule has 3 aliphatic rings. The zero-order valence-electron chi connectivity index (χ0n) is 33.0. The fourth-order valence-corrected chi connectivity index (χ4v) is 10.9. The van der Waals surface area contributed by atoms with Crippen LogP contribution in [0, 0.1) is 5.41 Å². The van der Waals surface area contributed by atoms with E-state index < -0.39 is 59.8 Å². The Kier molecular flexibility index (Phi) is 11.2. The van der Waals surface area contributed by atoms with Gasteiger partial charge in [-0.15, -0.1) is 11.8 Å². The fraction of sp³-hybridized carbons (Fsp3) is 0.375. The number of hydrogen-bond donors (Lipinski definition) is 3. The van der Waals surface area contributed by atoms with Crippen LogP contribution in [0.2, 0.25) is 15.1 Å². The zero-order chi connectivity index (χ0) is 43.4. The Hall–Kier alpha value is -3.41. The van der Waals surface area contributed by atoms with E-state index in [1.807, 2.05) is 51.3 Å². The summed E-state index contributed by atoms with van der Waals surface area (Å²) in [6, 6.07) is 6.62. The smallest absolute Gasteiger partial charge is 0.337 e. The number of benzene rings is 3. The number of halogens is 3. The van der Waals surface area contributed by atoms with Gasteiger partial charge in [0.1, 0.15) is 35.8 Å². The van der Waals surface area contributed by atoms with Gasteiger partial charge in [0.25, 0.3) is 20.2 Å². The fourth-order valence-electron chi connectivity index (χ4n) is 7.31. The van der Waals surface area contributed by atoms with Crippen molar-refractivity contribution in [3.05, 3.63) is 89.9 Å². The van der Waals surface area contributed by atoms with Crippen molar-refractivity contribution in [2.24, 2.45) is 5.41 Å². The van der Waals surface area contributed by atoms with Crippen LogP contribution >= 0.6 is 46.6 Å². The predicted octanol–water partition coefficient (Wildman–Crippen LogP) is 7.09. The zero-order valence-corrected chi connectivity index (χ0v) is 37.8. The van der Waals surface area contributed by atoms with Gasteiger partial charge in [-0.3, -0.25) is 13.9 Å². The van der Waals surface area contributed by atoms with Gasteiger partial charge in [0.05, 0.1) is 43.6 Å². The average Bonchev–Trinajstić information content (AvgIpc) is 3.06. The molecule has 0 fully saturated rings. The first-order valence-corrected chi connectivity index (χ1v) is 23.1. The second kappa shape index (κ2) is 14.6. The van der Waals surface area contributed by atoms with Crippen molar-refractivity contribution in [2.75, 3.05) is 36.3 Å². The molecule has 6 rings (SSSR count). The first kappa shape index (κ1) is 44.2. The van der Waals surface area contributed by atoms with Crippen LogP contribution in [0.25, 0.3) is 16.7 Å². The van der Waals surface area contributed by atoms with Gasteiger partial charge < -0.3 is 14.7 Å². The molecule has 0 unspecified atom stereocenters. The summed E-state index contributed by atoms with van der Waals surface area (Å²) < 4.78 is 78.2. The molecule has 310 valence electrons. The molecule has 3 aliphatic heterocycles. The minimum absolute atomic E-state index is 0.0877. The molecule has 0 aromatic heterocycles. The Labute approximate surface area is 356 Å². The van der Waals surface area contributed by atoms with Crippen molar-refractivity contribution in [3.8, 4) is 11.5 Å². The number of thioether (sulfide) groups is 1. The van der Waals surface area contributed by atoms with E-state index in [-0.39, 0.29) is 76.1 Å². The van der Waals surface area contributed by atoms with E-state index in [9.17, 15) is 40.6 Å². The number of carbonyl (C=O) groups excluding carboxylic acids is 1. The van der Waals surface area contributed by atoms with Gasteiger partial charge in [-0.1, -0.05) is 61.7 Å². The molecule has 0 spiro atoms. The Morgan fingerprint density at radius 1 is 0.845 bits per heavy atom. The van der Waals surface area contributed by atoms with E-state index in [0.29, 0.717) is 22.2 Å². The molecule has 0 aliphatic carbocycles. The third-order valence-electron chi connectivity index (χ3n) is 10.8. The highest BCUT2D eigenvalue weighted by atomic mass is 35.5. The van der Waals surface area contributed by atoms with Gasteiger partial charge >= 0.3 is 5.97 Å². The van der Waals surface area contributed by atoms with Crippen molar-refractivity contribution in [2.45, 2.75) is 64.4 Å². The van der Waals surface area contributed by atoms with E-state index >= 15 is 0 Å². The standard InChI is InChI=1S/C40H41Cl3N2O10S3/c1-38(2,3)29(46)16-56-36-34(42)31(32(37(47)48)33(41)35(36)43)30-23-10-21-19(17-57(49,50)51)14-39(4,5)44(8)25(21)12-27(23)55-28-13-26-22(11-24(28)30)20(18-58(52,53)54)15-40(6,7)45(26)9/h10-15H,16-18H2,1-9H3,(H2-,47,48,49,50,51,52,53,54)/p+1. The summed E-state index contributed by atoms with van der Waals surface area (Å²) in [6.45, 7) is 12.7. The number of carbonyl (C=O) groups is 2. The van der Waals surface area contributed by atoms with Gasteiger partial charge in [-0.2, -0.15) is 16.8 Å². The maximum Gasteiger partial charge on any atom is 0.337 e. The highest BCUT2D eigenvalue weighted by Gasteiger charge is 2.39. The molecule has 0 amide bonds. The van der Waals surface area contributed by atoms with Gasteiger partial charge in [-0.25, -0.2) is 9.37 Å². The summed E-state index contributed by atoms with van der Waals surface area (Å²) in [5, 5.41) is 10.9. The van der Waals surface area contributed by atoms with E-state index in [1.165, 1.54) is 0 Å². The van der Waals surface area contributed by atoms with Crippen molar-refractivity contribution < 1.29 is 45.4 Å². The topological polar surface area (TPSA) is 179 Å². The van der Waals surface area contributed by atoms with Crippen LogP contribution in [0.15, 0.2) is 41.3 Å².